The van der Waals surface area contributed by atoms with Crippen LogP contribution >= 0.6 is 23.4 Å². The molecule has 0 aliphatic heterocycles. The van der Waals surface area contributed by atoms with Crippen molar-refractivity contribution in [2.75, 3.05) is 11.1 Å². The molecule has 1 atom stereocenters. The third kappa shape index (κ3) is 5.68. The molecule has 4 aromatic rings. The van der Waals surface area contributed by atoms with E-state index in [-0.39, 0.29) is 34.8 Å². The summed E-state index contributed by atoms with van der Waals surface area (Å²) in [6.07, 6.45) is 3.19. The Bertz CT molecular complexity index is 1270. The van der Waals surface area contributed by atoms with Gasteiger partial charge in [0.25, 0.3) is 0 Å². The number of nitrogens with one attached hydrogen (secondary N) is 2. The zero-order chi connectivity index (χ0) is 23.4. The van der Waals surface area contributed by atoms with Crippen molar-refractivity contribution >= 4 is 52.3 Å². The lowest BCUT2D eigenvalue weighted by Crippen LogP contribution is -2.28. The van der Waals surface area contributed by atoms with Crippen LogP contribution in [0.2, 0.25) is 5.02 Å². The molecule has 0 unspecified atom stereocenters. The van der Waals surface area contributed by atoms with Crippen molar-refractivity contribution in [3.8, 4) is 5.88 Å². The number of anilines is 2. The summed E-state index contributed by atoms with van der Waals surface area (Å²) in [7, 11) is 0. The van der Waals surface area contributed by atoms with Crippen molar-refractivity contribution in [2.24, 2.45) is 0 Å². The second-order valence-corrected chi connectivity index (χ2v) is 8.89. The fourth-order valence-corrected chi connectivity index (χ4v) is 4.23. The van der Waals surface area contributed by atoms with Gasteiger partial charge in [-0.05, 0) is 25.8 Å². The lowest BCUT2D eigenvalue weighted by molar-refractivity contribution is -0.115. The maximum absolute atomic E-state index is 13.3. The molecule has 4 rings (SSSR count). The van der Waals surface area contributed by atoms with Gasteiger partial charge in [-0.2, -0.15) is 9.97 Å². The smallest absolute Gasteiger partial charge is 0.240 e. The van der Waals surface area contributed by atoms with Crippen LogP contribution in [0.4, 0.5) is 11.9 Å². The van der Waals surface area contributed by atoms with Gasteiger partial charge in [0.05, 0.1) is 23.9 Å². The summed E-state index contributed by atoms with van der Waals surface area (Å²) in [5.74, 6) is 0.0542. The molecule has 0 saturated carbocycles. The number of halogens is 1. The molecule has 0 bridgehead atoms. The number of hydrogen-bond donors (Lipinski definition) is 3. The lowest BCUT2D eigenvalue weighted by atomic mass is 10.1. The van der Waals surface area contributed by atoms with E-state index in [9.17, 15) is 4.79 Å². The summed E-state index contributed by atoms with van der Waals surface area (Å²) in [5.41, 5.74) is 7.86. The number of benzene rings is 1. The van der Waals surface area contributed by atoms with Gasteiger partial charge in [0.15, 0.2) is 5.65 Å². The minimum Gasteiger partial charge on any atom is -0.474 e. The Morgan fingerprint density at radius 1 is 1.21 bits per heavy atom. The summed E-state index contributed by atoms with van der Waals surface area (Å²) >= 11 is 7.36. The Labute approximate surface area is 198 Å². The molecule has 0 aliphatic rings. The van der Waals surface area contributed by atoms with Gasteiger partial charge < -0.3 is 15.5 Å². The minimum atomic E-state index is -0.582. The topological polar surface area (TPSA) is 145 Å². The number of rotatable bonds is 8. The lowest BCUT2D eigenvalue weighted by Gasteiger charge is -2.17. The number of carbonyl (C=O) groups is 1. The molecule has 0 fully saturated rings. The fourth-order valence-electron chi connectivity index (χ4n) is 2.97. The molecule has 0 spiro atoms. The van der Waals surface area contributed by atoms with Crippen LogP contribution in [-0.2, 0) is 11.2 Å². The van der Waals surface area contributed by atoms with Crippen LogP contribution in [0.25, 0.3) is 11.2 Å². The van der Waals surface area contributed by atoms with Crippen molar-refractivity contribution in [1.29, 1.82) is 0 Å². The predicted molar refractivity (Wildman–Crippen MR) is 127 cm³/mol. The van der Waals surface area contributed by atoms with Crippen LogP contribution in [0.5, 0.6) is 5.88 Å². The molecule has 170 valence electrons. The summed E-state index contributed by atoms with van der Waals surface area (Å²) in [4.78, 5) is 37.2. The quantitative estimate of drug-likeness (QED) is 0.252. The second-order valence-electron chi connectivity index (χ2n) is 7.29. The largest absolute Gasteiger partial charge is 0.474 e. The van der Waals surface area contributed by atoms with E-state index in [1.54, 1.807) is 0 Å². The monoisotopic (exact) mass is 484 g/mol. The average molecular weight is 485 g/mol. The average Bonchev–Trinajstić information content (AvgIpc) is 3.24. The third-order valence-electron chi connectivity index (χ3n) is 4.37. The fraction of sp³-hybridized carbons (Fsp3) is 0.238. The summed E-state index contributed by atoms with van der Waals surface area (Å²) in [6.45, 7) is 3.71. The Hall–Kier alpha value is -3.44. The van der Waals surface area contributed by atoms with Crippen LogP contribution in [0.15, 0.2) is 47.9 Å². The van der Waals surface area contributed by atoms with Gasteiger partial charge in [0.1, 0.15) is 15.6 Å². The van der Waals surface area contributed by atoms with Crippen molar-refractivity contribution < 1.29 is 9.53 Å². The zero-order valence-corrected chi connectivity index (χ0v) is 19.4. The van der Waals surface area contributed by atoms with Crippen LogP contribution < -0.4 is 15.8 Å². The normalized spacial score (nSPS) is 12.1. The number of aromatic amines is 1. The number of fused-ring (bicyclic) bond motifs is 1. The van der Waals surface area contributed by atoms with E-state index in [0.717, 1.165) is 5.56 Å². The van der Waals surface area contributed by atoms with Crippen molar-refractivity contribution in [3.63, 3.8) is 0 Å². The molecule has 1 amide bonds. The number of nitrogens with zero attached hydrogens (tertiary/aromatic N) is 5. The van der Waals surface area contributed by atoms with E-state index in [0.29, 0.717) is 22.6 Å². The molecule has 4 N–H and O–H groups in total. The molecule has 0 radical (unpaired) electrons. The van der Waals surface area contributed by atoms with Crippen LogP contribution in [0, 0.1) is 0 Å². The van der Waals surface area contributed by atoms with Gasteiger partial charge in [0.2, 0.25) is 23.7 Å². The Morgan fingerprint density at radius 2 is 2.00 bits per heavy atom. The molecule has 1 aromatic carbocycles. The number of nitrogen functional groups attached to an aromatic ring is 1. The third-order valence-corrected chi connectivity index (χ3v) is 5.82. The highest BCUT2D eigenvalue weighted by Crippen LogP contribution is 2.30. The van der Waals surface area contributed by atoms with Gasteiger partial charge in [0, 0.05) is 0 Å². The predicted octanol–water partition coefficient (Wildman–Crippen LogP) is 3.51. The maximum Gasteiger partial charge on any atom is 0.240 e. The van der Waals surface area contributed by atoms with E-state index < -0.39 is 5.25 Å². The van der Waals surface area contributed by atoms with E-state index in [1.165, 1.54) is 24.3 Å². The summed E-state index contributed by atoms with van der Waals surface area (Å²) in [6, 6.07) is 9.66. The molecule has 33 heavy (non-hydrogen) atoms. The molecular weight excluding hydrogens is 464 g/mol. The first kappa shape index (κ1) is 22.7. The molecule has 0 aliphatic carbocycles. The summed E-state index contributed by atoms with van der Waals surface area (Å²) in [5, 5.41) is 2.96. The first-order valence-electron chi connectivity index (χ1n) is 10.1. The van der Waals surface area contributed by atoms with Crippen LogP contribution in [0.3, 0.4) is 0 Å². The highest BCUT2D eigenvalue weighted by molar-refractivity contribution is 8.00. The van der Waals surface area contributed by atoms with Crippen molar-refractivity contribution in [2.45, 2.75) is 36.6 Å². The number of hydrogen-bond acceptors (Lipinski definition) is 9. The molecule has 12 heteroatoms. The molecular formula is C21H21ClN8O2S. The van der Waals surface area contributed by atoms with E-state index in [2.05, 4.69) is 35.2 Å². The minimum absolute atomic E-state index is 0.0764. The highest BCUT2D eigenvalue weighted by Gasteiger charge is 2.25. The number of nitrogens with two attached hydrogens (primary N) is 1. The SMILES string of the molecule is CC(C)Oc1nc(NC(=O)[C@@H](Cc2ccccc2)Sc2nc(N)nc3nc[nH]c23)ncc1Cl. The molecule has 3 aromatic heterocycles. The van der Waals surface area contributed by atoms with Crippen LogP contribution in [-0.4, -0.2) is 47.2 Å². The molecule has 3 heterocycles. The maximum atomic E-state index is 13.3. The van der Waals surface area contributed by atoms with Crippen LogP contribution in [0.1, 0.15) is 19.4 Å². The highest BCUT2D eigenvalue weighted by atomic mass is 35.5. The number of carbonyl (C=O) groups excluding carboxylic acids is 1. The van der Waals surface area contributed by atoms with Gasteiger partial charge in [-0.15, -0.1) is 0 Å². The van der Waals surface area contributed by atoms with E-state index in [4.69, 9.17) is 22.1 Å². The second kappa shape index (κ2) is 10.0. The van der Waals surface area contributed by atoms with E-state index in [1.807, 2.05) is 44.2 Å². The standard InChI is InChI=1S/C21H21ClN8O2S/c1-11(2)32-18-13(22)9-24-21(29-18)28-17(31)14(8-12-6-4-3-5-7-12)33-19-15-16(26-10-25-15)27-20(23)30-19/h3-7,9-11,14H,8H2,1-2H3,(H,24,28,29,31)(H3,23,25,26,27,30)/t14-/m1/s1. The Morgan fingerprint density at radius 3 is 2.76 bits per heavy atom. The zero-order valence-electron chi connectivity index (χ0n) is 17.8. The first-order chi connectivity index (χ1) is 15.9. The van der Waals surface area contributed by atoms with Crippen molar-refractivity contribution in [3.05, 3.63) is 53.4 Å². The molecule has 0 saturated heterocycles. The Kier molecular flexibility index (Phi) is 6.90. The van der Waals surface area contributed by atoms with Gasteiger partial charge in [-0.3, -0.25) is 10.1 Å². The number of thioether (sulfide) groups is 1. The van der Waals surface area contributed by atoms with Gasteiger partial charge >= 0.3 is 0 Å². The Balaban J connectivity index is 1.62. The number of H-pyrrole nitrogens is 1. The first-order valence-corrected chi connectivity index (χ1v) is 11.3. The van der Waals surface area contributed by atoms with Gasteiger partial charge in [-0.1, -0.05) is 53.7 Å². The number of imidazole rings is 1. The van der Waals surface area contributed by atoms with E-state index >= 15 is 0 Å². The molecule has 10 nitrogen and oxygen atoms in total. The van der Waals surface area contributed by atoms with Gasteiger partial charge in [-0.25, -0.2) is 15.0 Å². The number of amides is 1. The van der Waals surface area contributed by atoms with Crippen molar-refractivity contribution in [1.82, 2.24) is 29.9 Å². The number of aromatic nitrogens is 6. The number of ether oxygens (including phenoxy) is 1. The summed E-state index contributed by atoms with van der Waals surface area (Å²) < 4.78 is 5.59.